The fourth-order valence-corrected chi connectivity index (χ4v) is 6.24. The molecule has 0 aromatic heterocycles. The summed E-state index contributed by atoms with van der Waals surface area (Å²) in [5.41, 5.74) is 1.63. The molecule has 0 radical (unpaired) electrons. The Labute approximate surface area is 232 Å². The van der Waals surface area contributed by atoms with Gasteiger partial charge in [-0.15, -0.1) is 0 Å². The number of amides is 3. The Hall–Kier alpha value is -3.85. The smallest absolute Gasteiger partial charge is 0.287 e. The molecule has 9 heteroatoms. The predicted octanol–water partition coefficient (Wildman–Crippen LogP) is 2.96. The second kappa shape index (κ2) is 12.3. The summed E-state index contributed by atoms with van der Waals surface area (Å²) in [5.74, 6) is 0.0182. The van der Waals surface area contributed by atoms with Gasteiger partial charge in [-0.1, -0.05) is 60.7 Å². The largest absolute Gasteiger partial charge is 0.488 e. The molecule has 0 aliphatic carbocycles. The van der Waals surface area contributed by atoms with Gasteiger partial charge in [0.2, 0.25) is 5.91 Å². The van der Waals surface area contributed by atoms with Crippen molar-refractivity contribution < 1.29 is 23.9 Å². The number of hydrogen-bond acceptors (Lipinski definition) is 6. The molecule has 2 saturated heterocycles. The maximum Gasteiger partial charge on any atom is 0.287 e. The first kappa shape index (κ1) is 26.7. The topological polar surface area (TPSA) is 96.0 Å². The van der Waals surface area contributed by atoms with Crippen molar-refractivity contribution in [1.29, 1.82) is 0 Å². The van der Waals surface area contributed by atoms with E-state index in [1.165, 1.54) is 11.8 Å². The number of allylic oxidation sites excluding steroid dienone is 2. The predicted molar refractivity (Wildman–Crippen MR) is 149 cm³/mol. The summed E-state index contributed by atoms with van der Waals surface area (Å²) in [7, 11) is 0. The van der Waals surface area contributed by atoms with Crippen molar-refractivity contribution in [3.63, 3.8) is 0 Å². The van der Waals surface area contributed by atoms with Crippen LogP contribution in [0.25, 0.3) is 0 Å². The highest BCUT2D eigenvalue weighted by atomic mass is 32.2. The van der Waals surface area contributed by atoms with Crippen molar-refractivity contribution in [2.75, 3.05) is 25.4 Å². The molecule has 3 heterocycles. The van der Waals surface area contributed by atoms with Crippen LogP contribution in [0.3, 0.4) is 0 Å². The number of hydrogen-bond donors (Lipinski definition) is 1. The van der Waals surface area contributed by atoms with Crippen LogP contribution in [-0.2, 0) is 24.9 Å². The maximum atomic E-state index is 13.9. The summed E-state index contributed by atoms with van der Waals surface area (Å²) >= 11 is 1.54. The zero-order chi connectivity index (χ0) is 27.2. The van der Waals surface area contributed by atoms with Gasteiger partial charge < -0.3 is 19.9 Å². The molecule has 0 saturated carbocycles. The van der Waals surface area contributed by atoms with Crippen LogP contribution in [0.2, 0.25) is 0 Å². The van der Waals surface area contributed by atoms with Crippen LogP contribution in [0, 0.1) is 0 Å². The second-order valence-corrected chi connectivity index (χ2v) is 10.8. The third-order valence-corrected chi connectivity index (χ3v) is 8.24. The Balaban J connectivity index is 1.31. The summed E-state index contributed by atoms with van der Waals surface area (Å²) in [6.45, 7) is 0.697. The van der Waals surface area contributed by atoms with E-state index in [0.29, 0.717) is 43.1 Å². The highest BCUT2D eigenvalue weighted by Crippen LogP contribution is 2.31. The Morgan fingerprint density at radius 1 is 1.03 bits per heavy atom. The normalized spacial score (nSPS) is 21.0. The number of fused-ring (bicyclic) bond motifs is 1. The van der Waals surface area contributed by atoms with Crippen molar-refractivity contribution in [3.8, 4) is 0 Å². The first-order valence-electron chi connectivity index (χ1n) is 13.1. The van der Waals surface area contributed by atoms with E-state index in [0.717, 1.165) is 5.56 Å². The molecule has 39 heavy (non-hydrogen) atoms. The fraction of sp³-hybridized carbons (Fsp3) is 0.333. The molecule has 8 nitrogen and oxygen atoms in total. The molecule has 202 valence electrons. The van der Waals surface area contributed by atoms with Crippen molar-refractivity contribution >= 4 is 35.3 Å². The Bertz CT molecular complexity index is 1280. The van der Waals surface area contributed by atoms with E-state index in [1.807, 2.05) is 42.5 Å². The van der Waals surface area contributed by atoms with Crippen molar-refractivity contribution in [3.05, 3.63) is 95.8 Å². The van der Waals surface area contributed by atoms with Gasteiger partial charge in [0, 0.05) is 23.6 Å². The molecule has 2 aromatic carbocycles. The maximum absolute atomic E-state index is 13.9. The van der Waals surface area contributed by atoms with E-state index in [1.54, 1.807) is 46.2 Å². The van der Waals surface area contributed by atoms with Crippen LogP contribution in [0.1, 0.15) is 28.8 Å². The zero-order valence-electron chi connectivity index (χ0n) is 21.5. The summed E-state index contributed by atoms with van der Waals surface area (Å²) in [4.78, 5) is 56.4. The summed E-state index contributed by atoms with van der Waals surface area (Å²) in [5, 5.41) is 2.86. The minimum atomic E-state index is -0.853. The molecule has 0 spiro atoms. The van der Waals surface area contributed by atoms with Gasteiger partial charge in [0.25, 0.3) is 11.8 Å². The molecule has 3 atom stereocenters. The van der Waals surface area contributed by atoms with E-state index in [2.05, 4.69) is 5.32 Å². The first-order valence-corrected chi connectivity index (χ1v) is 14.3. The average Bonchev–Trinajstić information content (AvgIpc) is 3.42. The summed E-state index contributed by atoms with van der Waals surface area (Å²) < 4.78 is 5.57. The second-order valence-electron chi connectivity index (χ2n) is 9.72. The number of carbonyl (C=O) groups excluding carboxylic acids is 4. The Kier molecular flexibility index (Phi) is 8.46. The van der Waals surface area contributed by atoms with Gasteiger partial charge in [-0.05, 0) is 36.6 Å². The van der Waals surface area contributed by atoms with E-state index in [-0.39, 0.29) is 35.9 Å². The van der Waals surface area contributed by atoms with Crippen LogP contribution in [0.5, 0.6) is 0 Å². The number of rotatable bonds is 8. The van der Waals surface area contributed by atoms with Crippen LogP contribution in [0.4, 0.5) is 0 Å². The van der Waals surface area contributed by atoms with Gasteiger partial charge in [-0.25, -0.2) is 0 Å². The number of Topliss-reactive ketones (excluding diaryl/α,β-unsaturated/α-hetero) is 1. The molecular formula is C30H31N3O5S. The average molecular weight is 546 g/mol. The number of likely N-dealkylation sites (tertiary alicyclic amines) is 2. The summed E-state index contributed by atoms with van der Waals surface area (Å²) in [6, 6.07) is 16.8. The van der Waals surface area contributed by atoms with Gasteiger partial charge in [-0.2, -0.15) is 11.8 Å². The molecule has 5 rings (SSSR count). The van der Waals surface area contributed by atoms with Gasteiger partial charge >= 0.3 is 0 Å². The van der Waals surface area contributed by atoms with Gasteiger partial charge in [0.15, 0.2) is 11.5 Å². The lowest BCUT2D eigenvalue weighted by molar-refractivity contribution is -0.139. The minimum absolute atomic E-state index is 0.0281. The monoisotopic (exact) mass is 545 g/mol. The zero-order valence-corrected chi connectivity index (χ0v) is 22.3. The summed E-state index contributed by atoms with van der Waals surface area (Å²) in [6.07, 6.45) is 6.48. The fourth-order valence-electron chi connectivity index (χ4n) is 5.24. The number of carbonyl (C=O) groups is 4. The molecule has 2 unspecified atom stereocenters. The van der Waals surface area contributed by atoms with E-state index in [4.69, 9.17) is 4.74 Å². The third-order valence-electron chi connectivity index (χ3n) is 7.14. The lowest BCUT2D eigenvalue weighted by atomic mass is 10.1. The van der Waals surface area contributed by atoms with Gasteiger partial charge in [0.05, 0.1) is 19.2 Å². The molecule has 2 fully saturated rings. The van der Waals surface area contributed by atoms with Crippen LogP contribution >= 0.6 is 11.8 Å². The first-order chi connectivity index (χ1) is 19.0. The third kappa shape index (κ3) is 6.09. The minimum Gasteiger partial charge on any atom is -0.488 e. The highest BCUT2D eigenvalue weighted by Gasteiger charge is 2.52. The highest BCUT2D eigenvalue weighted by molar-refractivity contribution is 7.98. The molecule has 1 N–H and O–H groups in total. The standard InChI is InChI=1S/C30H31N3O5S/c34-25-18-33(29(36)22-12-6-2-7-13-22)24-15-16-32(27(24)25)30(37)23(20-39-19-21-10-4-1-5-11-21)31-28(35)26-14-8-3-9-17-38-26/h1-8,10-14,23-24,27H,9,15-20H2,(H,31,35)/t23?,24-,27?/m1/s1. The molecule has 3 amide bonds. The van der Waals surface area contributed by atoms with Crippen LogP contribution in [-0.4, -0.2) is 76.9 Å². The number of ether oxygens (including phenoxy) is 1. The number of nitrogens with zero attached hydrogens (tertiary/aromatic N) is 2. The number of thioether (sulfide) groups is 1. The van der Waals surface area contributed by atoms with Gasteiger partial charge in [0.1, 0.15) is 12.1 Å². The van der Waals surface area contributed by atoms with E-state index >= 15 is 0 Å². The number of ketones is 1. The lowest BCUT2D eigenvalue weighted by Gasteiger charge is -2.28. The van der Waals surface area contributed by atoms with Crippen molar-refractivity contribution in [1.82, 2.24) is 15.1 Å². The number of benzene rings is 2. The molecule has 0 bridgehead atoms. The molecular weight excluding hydrogens is 514 g/mol. The SMILES string of the molecule is O=C(NC(CSCc1ccccc1)C(=O)N1CC[C@@H]2C1C(=O)CN2C(=O)c1ccccc1)C1=CC=CCCO1. The van der Waals surface area contributed by atoms with Crippen LogP contribution in [0.15, 0.2) is 84.7 Å². The Morgan fingerprint density at radius 2 is 1.77 bits per heavy atom. The number of nitrogens with one attached hydrogen (secondary N) is 1. The van der Waals surface area contributed by atoms with E-state index < -0.39 is 18.0 Å². The van der Waals surface area contributed by atoms with Crippen molar-refractivity contribution in [2.24, 2.45) is 0 Å². The lowest BCUT2D eigenvalue weighted by Crippen LogP contribution is -2.53. The molecule has 3 aliphatic rings. The molecule has 2 aromatic rings. The molecule has 3 aliphatic heterocycles. The van der Waals surface area contributed by atoms with Crippen LogP contribution < -0.4 is 5.32 Å². The quantitative estimate of drug-likeness (QED) is 0.548. The Morgan fingerprint density at radius 3 is 2.54 bits per heavy atom. The van der Waals surface area contributed by atoms with E-state index in [9.17, 15) is 19.2 Å². The van der Waals surface area contributed by atoms with Crippen molar-refractivity contribution in [2.45, 2.75) is 36.7 Å². The van der Waals surface area contributed by atoms with Gasteiger partial charge in [-0.3, -0.25) is 19.2 Å².